The van der Waals surface area contributed by atoms with Crippen molar-refractivity contribution in [2.75, 3.05) is 26.7 Å². The number of amides is 2. The van der Waals surface area contributed by atoms with Crippen molar-refractivity contribution in [2.45, 2.75) is 25.8 Å². The Morgan fingerprint density at radius 3 is 2.95 bits per heavy atom. The summed E-state index contributed by atoms with van der Waals surface area (Å²) in [5.41, 5.74) is 0.959. The van der Waals surface area contributed by atoms with Crippen LogP contribution in [0, 0.1) is 11.8 Å². The molecule has 1 aliphatic rings. The molecule has 0 spiro atoms. The molecule has 1 aromatic heterocycles. The second-order valence-corrected chi connectivity index (χ2v) is 5.91. The van der Waals surface area contributed by atoms with Gasteiger partial charge in [0.1, 0.15) is 0 Å². The highest BCUT2D eigenvalue weighted by molar-refractivity contribution is 7.10. The van der Waals surface area contributed by atoms with Gasteiger partial charge in [-0.3, -0.25) is 0 Å². The Hall–Kier alpha value is -1.51. The molecule has 1 N–H and O–H groups in total. The van der Waals surface area contributed by atoms with Gasteiger partial charge in [-0.1, -0.05) is 11.8 Å². The van der Waals surface area contributed by atoms with E-state index in [1.165, 1.54) is 0 Å². The lowest BCUT2D eigenvalue weighted by Gasteiger charge is -2.23. The number of hydrogen-bond donors (Lipinski definition) is 1. The van der Waals surface area contributed by atoms with E-state index in [4.69, 9.17) is 5.11 Å². The van der Waals surface area contributed by atoms with Crippen LogP contribution in [0.4, 0.5) is 4.79 Å². The van der Waals surface area contributed by atoms with Crippen LogP contribution in [0.15, 0.2) is 11.4 Å². The Morgan fingerprint density at radius 1 is 1.50 bits per heavy atom. The standard InChI is InChI=1S/C15H20N2O2S/c1-16(15(19)17-7-3-4-8-17)11-14-10-13(12-20-14)6-2-5-9-18/h10,12,18H,3-5,7-9,11H2,1H3. The molecule has 108 valence electrons. The summed E-state index contributed by atoms with van der Waals surface area (Å²) in [6.45, 7) is 2.48. The Kier molecular flexibility index (Phi) is 5.45. The number of carbonyl (C=O) groups excluding carboxylic acids is 1. The average Bonchev–Trinajstić information content (AvgIpc) is 3.09. The van der Waals surface area contributed by atoms with Gasteiger partial charge in [0.25, 0.3) is 0 Å². The van der Waals surface area contributed by atoms with E-state index in [2.05, 4.69) is 11.8 Å². The summed E-state index contributed by atoms with van der Waals surface area (Å²) in [4.78, 5) is 17.0. The van der Waals surface area contributed by atoms with Crippen LogP contribution in [-0.4, -0.2) is 47.7 Å². The van der Waals surface area contributed by atoms with Crippen molar-refractivity contribution in [3.8, 4) is 11.8 Å². The maximum absolute atomic E-state index is 12.2. The SMILES string of the molecule is CN(Cc1cc(C#CCCO)cs1)C(=O)N1CCCC1. The summed E-state index contributed by atoms with van der Waals surface area (Å²) >= 11 is 1.62. The molecule has 0 aromatic carbocycles. The first-order valence-corrected chi connectivity index (χ1v) is 7.76. The summed E-state index contributed by atoms with van der Waals surface area (Å²) < 4.78 is 0. The molecule has 0 aliphatic carbocycles. The van der Waals surface area contributed by atoms with Crippen LogP contribution in [-0.2, 0) is 6.54 Å². The number of aliphatic hydroxyl groups is 1. The lowest BCUT2D eigenvalue weighted by molar-refractivity contribution is 0.171. The molecule has 0 saturated carbocycles. The number of urea groups is 1. The Morgan fingerprint density at radius 2 is 2.25 bits per heavy atom. The van der Waals surface area contributed by atoms with E-state index < -0.39 is 0 Å². The van der Waals surface area contributed by atoms with Crippen molar-refractivity contribution in [1.82, 2.24) is 9.80 Å². The van der Waals surface area contributed by atoms with Crippen molar-refractivity contribution < 1.29 is 9.90 Å². The highest BCUT2D eigenvalue weighted by Crippen LogP contribution is 2.17. The molecular weight excluding hydrogens is 272 g/mol. The number of likely N-dealkylation sites (tertiary alicyclic amines) is 1. The van der Waals surface area contributed by atoms with Crippen molar-refractivity contribution in [2.24, 2.45) is 0 Å². The van der Waals surface area contributed by atoms with Crippen LogP contribution in [0.2, 0.25) is 0 Å². The van der Waals surface area contributed by atoms with Crippen LogP contribution >= 0.6 is 11.3 Å². The topological polar surface area (TPSA) is 43.8 Å². The third kappa shape index (κ3) is 3.99. The van der Waals surface area contributed by atoms with E-state index in [1.807, 2.05) is 23.4 Å². The molecular formula is C15H20N2O2S. The Balaban J connectivity index is 1.89. The smallest absolute Gasteiger partial charge is 0.320 e. The van der Waals surface area contributed by atoms with Crippen molar-refractivity contribution >= 4 is 17.4 Å². The third-order valence-electron chi connectivity index (χ3n) is 3.22. The maximum Gasteiger partial charge on any atom is 0.320 e. The molecule has 20 heavy (non-hydrogen) atoms. The first-order chi connectivity index (χ1) is 9.70. The van der Waals surface area contributed by atoms with Gasteiger partial charge in [-0.25, -0.2) is 4.79 Å². The summed E-state index contributed by atoms with van der Waals surface area (Å²) in [5.74, 6) is 5.91. The molecule has 1 aromatic rings. The van der Waals surface area contributed by atoms with Gasteiger partial charge in [-0.05, 0) is 18.9 Å². The largest absolute Gasteiger partial charge is 0.395 e. The van der Waals surface area contributed by atoms with E-state index in [1.54, 1.807) is 16.2 Å². The predicted octanol–water partition coefficient (Wildman–Crippen LogP) is 2.13. The van der Waals surface area contributed by atoms with Crippen LogP contribution < -0.4 is 0 Å². The fraction of sp³-hybridized carbons (Fsp3) is 0.533. The second kappa shape index (κ2) is 7.32. The number of aliphatic hydroxyl groups excluding tert-OH is 1. The molecule has 0 bridgehead atoms. The van der Waals surface area contributed by atoms with Crippen molar-refractivity contribution in [3.63, 3.8) is 0 Å². The Bertz CT molecular complexity index is 509. The first-order valence-electron chi connectivity index (χ1n) is 6.88. The number of hydrogen-bond acceptors (Lipinski definition) is 3. The van der Waals surface area contributed by atoms with Gasteiger partial charge in [0.2, 0.25) is 0 Å². The zero-order valence-corrected chi connectivity index (χ0v) is 12.6. The Labute approximate surface area is 124 Å². The summed E-state index contributed by atoms with van der Waals surface area (Å²) in [6.07, 6.45) is 2.73. The molecule has 5 heteroatoms. The van der Waals surface area contributed by atoms with Crippen LogP contribution in [0.1, 0.15) is 29.7 Å². The van der Waals surface area contributed by atoms with Crippen molar-refractivity contribution in [3.05, 3.63) is 21.9 Å². The molecule has 0 radical (unpaired) electrons. The third-order valence-corrected chi connectivity index (χ3v) is 4.14. The molecule has 2 amide bonds. The lowest BCUT2D eigenvalue weighted by atomic mass is 10.3. The van der Waals surface area contributed by atoms with E-state index >= 15 is 0 Å². The van der Waals surface area contributed by atoms with E-state index in [9.17, 15) is 4.79 Å². The minimum Gasteiger partial charge on any atom is -0.395 e. The van der Waals surface area contributed by atoms with Gasteiger partial charge in [0.05, 0.1) is 13.2 Å². The summed E-state index contributed by atoms with van der Waals surface area (Å²) in [6, 6.07) is 2.13. The van der Waals surface area contributed by atoms with Gasteiger partial charge >= 0.3 is 6.03 Å². The van der Waals surface area contributed by atoms with Gasteiger partial charge in [-0.2, -0.15) is 0 Å². The fourth-order valence-electron chi connectivity index (χ4n) is 2.20. The number of carbonyl (C=O) groups is 1. The zero-order chi connectivity index (χ0) is 14.4. The first kappa shape index (κ1) is 14.9. The number of nitrogens with zero attached hydrogens (tertiary/aromatic N) is 2. The summed E-state index contributed by atoms with van der Waals surface area (Å²) in [7, 11) is 1.84. The molecule has 2 heterocycles. The highest BCUT2D eigenvalue weighted by Gasteiger charge is 2.21. The average molecular weight is 292 g/mol. The number of rotatable bonds is 3. The monoisotopic (exact) mass is 292 g/mol. The molecule has 1 fully saturated rings. The molecule has 0 atom stereocenters. The van der Waals surface area contributed by atoms with Crippen LogP contribution in [0.3, 0.4) is 0 Å². The van der Waals surface area contributed by atoms with Gasteiger partial charge < -0.3 is 14.9 Å². The molecule has 0 unspecified atom stereocenters. The quantitative estimate of drug-likeness (QED) is 0.867. The maximum atomic E-state index is 12.2. The zero-order valence-electron chi connectivity index (χ0n) is 11.8. The summed E-state index contributed by atoms with van der Waals surface area (Å²) in [5, 5.41) is 10.7. The second-order valence-electron chi connectivity index (χ2n) is 4.91. The lowest BCUT2D eigenvalue weighted by Crippen LogP contribution is -2.38. The normalized spacial score (nSPS) is 14.0. The molecule has 1 saturated heterocycles. The molecule has 4 nitrogen and oxygen atoms in total. The number of thiophene rings is 1. The van der Waals surface area contributed by atoms with E-state index in [0.29, 0.717) is 13.0 Å². The van der Waals surface area contributed by atoms with Crippen molar-refractivity contribution in [1.29, 1.82) is 0 Å². The molecule has 1 aliphatic heterocycles. The van der Waals surface area contributed by atoms with Crippen LogP contribution in [0.25, 0.3) is 0 Å². The fourth-order valence-corrected chi connectivity index (χ4v) is 3.07. The minimum absolute atomic E-state index is 0.0943. The van der Waals surface area contributed by atoms with E-state index in [0.717, 1.165) is 36.4 Å². The molecule has 2 rings (SSSR count). The highest BCUT2D eigenvalue weighted by atomic mass is 32.1. The van der Waals surface area contributed by atoms with Gasteiger partial charge in [-0.15, -0.1) is 11.3 Å². The minimum atomic E-state index is 0.0943. The van der Waals surface area contributed by atoms with E-state index in [-0.39, 0.29) is 12.6 Å². The van der Waals surface area contributed by atoms with Gasteiger partial charge in [0, 0.05) is 42.4 Å². The van der Waals surface area contributed by atoms with Gasteiger partial charge in [0.15, 0.2) is 0 Å². The van der Waals surface area contributed by atoms with Crippen LogP contribution in [0.5, 0.6) is 0 Å². The predicted molar refractivity (Wildman–Crippen MR) is 80.6 cm³/mol.